The molecule has 0 aromatic heterocycles. The summed E-state index contributed by atoms with van der Waals surface area (Å²) in [5.74, 6) is 0.165. The molecule has 1 aliphatic carbocycles. The zero-order chi connectivity index (χ0) is 21.7. The molecule has 7 nitrogen and oxygen atoms in total. The lowest BCUT2D eigenvalue weighted by molar-refractivity contribution is -0.137. The maximum Gasteiger partial charge on any atom is 0.251 e. The zero-order valence-corrected chi connectivity index (χ0v) is 18.7. The highest BCUT2D eigenvalue weighted by Crippen LogP contribution is 2.26. The number of amides is 2. The van der Waals surface area contributed by atoms with E-state index in [0.29, 0.717) is 18.7 Å². The van der Waals surface area contributed by atoms with Crippen LogP contribution < -0.4 is 10.0 Å². The maximum atomic E-state index is 12.7. The van der Waals surface area contributed by atoms with E-state index in [1.165, 1.54) is 18.6 Å². The van der Waals surface area contributed by atoms with Crippen molar-refractivity contribution in [1.29, 1.82) is 0 Å². The first kappa shape index (κ1) is 22.7. The summed E-state index contributed by atoms with van der Waals surface area (Å²) in [5, 5.41) is 3.00. The number of hydrogen-bond donors (Lipinski definition) is 2. The number of hydrogen-bond acceptors (Lipinski definition) is 4. The Bertz CT molecular complexity index is 855. The van der Waals surface area contributed by atoms with Gasteiger partial charge in [0.15, 0.2) is 0 Å². The molecule has 0 bridgehead atoms. The van der Waals surface area contributed by atoms with Crippen LogP contribution in [0.25, 0.3) is 0 Å². The van der Waals surface area contributed by atoms with Crippen LogP contribution in [0.15, 0.2) is 29.2 Å². The second-order valence-electron chi connectivity index (χ2n) is 8.71. The van der Waals surface area contributed by atoms with Crippen LogP contribution >= 0.6 is 0 Å². The Kier molecular flexibility index (Phi) is 7.52. The number of piperidine rings is 1. The molecular weight excluding hydrogens is 402 g/mol. The standard InChI is InChI=1S/C22H33N3O4S/c1-16(2)24-30(28,29)20-10-6-9-18(15-20)21(26)23-19-11-13-25(14-12-19)22(27)17-7-4-3-5-8-17/h6,9-10,15-17,19,24H,3-5,7-8,11-14H2,1-2H3,(H,23,26). The highest BCUT2D eigenvalue weighted by atomic mass is 32.2. The molecule has 30 heavy (non-hydrogen) atoms. The van der Waals surface area contributed by atoms with Crippen LogP contribution in [0.2, 0.25) is 0 Å². The molecule has 0 atom stereocenters. The number of sulfonamides is 1. The van der Waals surface area contributed by atoms with Crippen LogP contribution in [-0.2, 0) is 14.8 Å². The normalized spacial score (nSPS) is 19.1. The van der Waals surface area contributed by atoms with Crippen molar-refractivity contribution in [3.05, 3.63) is 29.8 Å². The fourth-order valence-corrected chi connectivity index (χ4v) is 5.60. The number of likely N-dealkylation sites (tertiary alicyclic amines) is 1. The SMILES string of the molecule is CC(C)NS(=O)(=O)c1cccc(C(=O)NC2CCN(C(=O)C3CCCCC3)CC2)c1. The second kappa shape index (κ2) is 9.92. The van der Waals surface area contributed by atoms with Gasteiger partial charge in [-0.3, -0.25) is 9.59 Å². The molecule has 1 saturated heterocycles. The van der Waals surface area contributed by atoms with Gasteiger partial charge < -0.3 is 10.2 Å². The molecule has 2 amide bonds. The summed E-state index contributed by atoms with van der Waals surface area (Å²) >= 11 is 0. The van der Waals surface area contributed by atoms with Gasteiger partial charge in [0.25, 0.3) is 5.91 Å². The minimum Gasteiger partial charge on any atom is -0.349 e. The number of carbonyl (C=O) groups excluding carboxylic acids is 2. The predicted molar refractivity (Wildman–Crippen MR) is 116 cm³/mol. The minimum atomic E-state index is -3.65. The molecule has 8 heteroatoms. The molecule has 2 aliphatic rings. The fraction of sp³-hybridized carbons (Fsp3) is 0.636. The van der Waals surface area contributed by atoms with Crippen molar-refractivity contribution >= 4 is 21.8 Å². The van der Waals surface area contributed by atoms with E-state index in [1.807, 2.05) is 4.90 Å². The molecule has 3 rings (SSSR count). The molecule has 1 heterocycles. The van der Waals surface area contributed by atoms with Crippen LogP contribution in [0.4, 0.5) is 0 Å². The summed E-state index contributed by atoms with van der Waals surface area (Å²) in [6.07, 6.45) is 6.96. The van der Waals surface area contributed by atoms with Gasteiger partial charge in [-0.15, -0.1) is 0 Å². The van der Waals surface area contributed by atoms with E-state index in [9.17, 15) is 18.0 Å². The Balaban J connectivity index is 1.55. The smallest absolute Gasteiger partial charge is 0.251 e. The molecule has 166 valence electrons. The molecule has 1 saturated carbocycles. The predicted octanol–water partition coefficient (Wildman–Crippen LogP) is 2.67. The lowest BCUT2D eigenvalue weighted by atomic mass is 9.87. The Morgan fingerprint density at radius 1 is 1.03 bits per heavy atom. The quantitative estimate of drug-likeness (QED) is 0.718. The van der Waals surface area contributed by atoms with Crippen molar-refractivity contribution < 1.29 is 18.0 Å². The second-order valence-corrected chi connectivity index (χ2v) is 10.4. The number of rotatable bonds is 6. The van der Waals surface area contributed by atoms with Gasteiger partial charge in [0, 0.05) is 36.7 Å². The van der Waals surface area contributed by atoms with E-state index >= 15 is 0 Å². The Morgan fingerprint density at radius 3 is 2.33 bits per heavy atom. The molecule has 0 unspecified atom stereocenters. The average Bonchev–Trinajstić information content (AvgIpc) is 2.73. The Hall–Kier alpha value is -1.93. The largest absolute Gasteiger partial charge is 0.349 e. The highest BCUT2D eigenvalue weighted by molar-refractivity contribution is 7.89. The molecule has 2 N–H and O–H groups in total. The number of carbonyl (C=O) groups is 2. The first-order chi connectivity index (χ1) is 14.3. The van der Waals surface area contributed by atoms with E-state index < -0.39 is 10.0 Å². The van der Waals surface area contributed by atoms with Gasteiger partial charge in [0.05, 0.1) is 4.90 Å². The monoisotopic (exact) mass is 435 g/mol. The van der Waals surface area contributed by atoms with Crippen molar-refractivity contribution in [2.75, 3.05) is 13.1 Å². The van der Waals surface area contributed by atoms with Crippen LogP contribution in [0, 0.1) is 5.92 Å². The molecule has 1 aromatic rings. The van der Waals surface area contributed by atoms with Gasteiger partial charge in [-0.1, -0.05) is 25.3 Å². The van der Waals surface area contributed by atoms with Crippen molar-refractivity contribution in [1.82, 2.24) is 14.9 Å². The van der Waals surface area contributed by atoms with Crippen molar-refractivity contribution in [2.24, 2.45) is 5.92 Å². The maximum absolute atomic E-state index is 12.7. The Labute approximate surface area is 179 Å². The van der Waals surface area contributed by atoms with Gasteiger partial charge >= 0.3 is 0 Å². The zero-order valence-electron chi connectivity index (χ0n) is 17.9. The van der Waals surface area contributed by atoms with Crippen LogP contribution in [0.1, 0.15) is 69.2 Å². The van der Waals surface area contributed by atoms with Gasteiger partial charge in [-0.25, -0.2) is 13.1 Å². The minimum absolute atomic E-state index is 0.0121. The summed E-state index contributed by atoms with van der Waals surface area (Å²) in [5.41, 5.74) is 0.322. The molecule has 0 spiro atoms. The molecule has 1 aliphatic heterocycles. The topological polar surface area (TPSA) is 95.6 Å². The van der Waals surface area contributed by atoms with Crippen LogP contribution in [0.3, 0.4) is 0 Å². The summed E-state index contributed by atoms with van der Waals surface area (Å²) in [6.45, 7) is 4.82. The van der Waals surface area contributed by atoms with Crippen molar-refractivity contribution in [3.8, 4) is 0 Å². The first-order valence-electron chi connectivity index (χ1n) is 11.0. The van der Waals surface area contributed by atoms with E-state index in [-0.39, 0.29) is 34.7 Å². The third-order valence-electron chi connectivity index (χ3n) is 5.89. The van der Waals surface area contributed by atoms with Gasteiger partial charge in [-0.2, -0.15) is 0 Å². The summed E-state index contributed by atoms with van der Waals surface area (Å²) in [4.78, 5) is 27.4. The van der Waals surface area contributed by atoms with Gasteiger partial charge in [-0.05, 0) is 57.7 Å². The number of benzene rings is 1. The highest BCUT2D eigenvalue weighted by Gasteiger charge is 2.29. The van der Waals surface area contributed by atoms with E-state index in [1.54, 1.807) is 26.0 Å². The average molecular weight is 436 g/mol. The lowest BCUT2D eigenvalue weighted by Gasteiger charge is -2.35. The molecular formula is C22H33N3O4S. The fourth-order valence-electron chi connectivity index (χ4n) is 4.30. The van der Waals surface area contributed by atoms with Crippen molar-refractivity contribution in [2.45, 2.75) is 75.8 Å². The molecule has 1 aromatic carbocycles. The lowest BCUT2D eigenvalue weighted by Crippen LogP contribution is -2.48. The van der Waals surface area contributed by atoms with Crippen LogP contribution in [-0.4, -0.2) is 50.3 Å². The van der Waals surface area contributed by atoms with E-state index in [0.717, 1.165) is 38.5 Å². The first-order valence-corrected chi connectivity index (χ1v) is 12.5. The molecule has 0 radical (unpaired) electrons. The van der Waals surface area contributed by atoms with Crippen LogP contribution in [0.5, 0.6) is 0 Å². The summed E-state index contributed by atoms with van der Waals surface area (Å²) < 4.78 is 27.2. The molecule has 2 fully saturated rings. The summed E-state index contributed by atoms with van der Waals surface area (Å²) in [7, 11) is -3.65. The number of nitrogens with one attached hydrogen (secondary N) is 2. The Morgan fingerprint density at radius 2 is 1.70 bits per heavy atom. The van der Waals surface area contributed by atoms with Gasteiger partial charge in [0.2, 0.25) is 15.9 Å². The van der Waals surface area contributed by atoms with Gasteiger partial charge in [0.1, 0.15) is 0 Å². The third kappa shape index (κ3) is 5.82. The number of nitrogens with zero attached hydrogens (tertiary/aromatic N) is 1. The van der Waals surface area contributed by atoms with Crippen molar-refractivity contribution in [3.63, 3.8) is 0 Å². The van der Waals surface area contributed by atoms with E-state index in [4.69, 9.17) is 0 Å². The summed E-state index contributed by atoms with van der Waals surface area (Å²) in [6, 6.07) is 5.84. The van der Waals surface area contributed by atoms with E-state index in [2.05, 4.69) is 10.0 Å². The third-order valence-corrected chi connectivity index (χ3v) is 7.55.